The standard InChI is InChI=1S/C21H17Cl2N5O2S2/c1-28-19(12-3-6-14(30-2)7-4-12)26-27-21(28)32-11-18(29)25-20-24-17(10-31-20)15-8-5-13(22)9-16(15)23/h3-10H,11H2,1-2H3,(H,24,25,29). The van der Waals surface area contributed by atoms with Gasteiger partial charge in [-0.2, -0.15) is 0 Å². The molecule has 7 nitrogen and oxygen atoms in total. The van der Waals surface area contributed by atoms with Crippen LogP contribution in [0.5, 0.6) is 5.75 Å². The molecule has 0 fully saturated rings. The number of hydrogen-bond donors (Lipinski definition) is 1. The molecule has 0 radical (unpaired) electrons. The molecular weight excluding hydrogens is 489 g/mol. The van der Waals surface area contributed by atoms with E-state index in [1.54, 1.807) is 25.3 Å². The maximum absolute atomic E-state index is 12.4. The number of benzene rings is 2. The molecule has 32 heavy (non-hydrogen) atoms. The van der Waals surface area contributed by atoms with Gasteiger partial charge in [0.25, 0.3) is 0 Å². The molecule has 0 saturated heterocycles. The second kappa shape index (κ2) is 9.91. The molecule has 11 heteroatoms. The van der Waals surface area contributed by atoms with Crippen molar-refractivity contribution in [1.29, 1.82) is 0 Å². The molecule has 0 aliphatic carbocycles. The maximum atomic E-state index is 12.4. The molecule has 164 valence electrons. The Hall–Kier alpha value is -2.59. The zero-order valence-electron chi connectivity index (χ0n) is 17.0. The van der Waals surface area contributed by atoms with E-state index in [-0.39, 0.29) is 11.7 Å². The Balaban J connectivity index is 1.37. The van der Waals surface area contributed by atoms with Crippen LogP contribution in [-0.2, 0) is 11.8 Å². The molecule has 1 N–H and O–H groups in total. The quantitative estimate of drug-likeness (QED) is 0.326. The Labute approximate surface area is 202 Å². The van der Waals surface area contributed by atoms with E-state index in [0.29, 0.717) is 31.9 Å². The zero-order chi connectivity index (χ0) is 22.7. The van der Waals surface area contributed by atoms with Crippen molar-refractivity contribution in [2.75, 3.05) is 18.2 Å². The van der Waals surface area contributed by atoms with Crippen molar-refractivity contribution in [3.63, 3.8) is 0 Å². The lowest BCUT2D eigenvalue weighted by Crippen LogP contribution is -2.14. The van der Waals surface area contributed by atoms with Crippen molar-refractivity contribution in [3.05, 3.63) is 57.9 Å². The van der Waals surface area contributed by atoms with Gasteiger partial charge in [-0.3, -0.25) is 4.79 Å². The van der Waals surface area contributed by atoms with Crippen LogP contribution in [-0.4, -0.2) is 38.5 Å². The second-order valence-corrected chi connectivity index (χ2v) is 9.24. The average Bonchev–Trinajstić information content (AvgIpc) is 3.39. The van der Waals surface area contributed by atoms with Crippen LogP contribution < -0.4 is 10.1 Å². The molecule has 0 atom stereocenters. The summed E-state index contributed by atoms with van der Waals surface area (Å²) in [6, 6.07) is 12.8. The highest BCUT2D eigenvalue weighted by molar-refractivity contribution is 7.99. The highest BCUT2D eigenvalue weighted by Gasteiger charge is 2.15. The molecule has 2 heterocycles. The Morgan fingerprint density at radius 3 is 2.69 bits per heavy atom. The SMILES string of the molecule is COc1ccc(-c2nnc(SCC(=O)Nc3nc(-c4ccc(Cl)cc4Cl)cs3)n2C)cc1. The minimum Gasteiger partial charge on any atom is -0.497 e. The van der Waals surface area contributed by atoms with Crippen LogP contribution in [0.1, 0.15) is 0 Å². The van der Waals surface area contributed by atoms with E-state index in [1.165, 1.54) is 23.1 Å². The van der Waals surface area contributed by atoms with Gasteiger partial charge in [-0.25, -0.2) is 4.98 Å². The molecular formula is C21H17Cl2N5O2S2. The fourth-order valence-corrected chi connectivity index (χ4v) is 4.81. The average molecular weight is 506 g/mol. The molecule has 2 aromatic heterocycles. The topological polar surface area (TPSA) is 81.9 Å². The van der Waals surface area contributed by atoms with Gasteiger partial charge in [0, 0.05) is 28.6 Å². The molecule has 0 aliphatic rings. The number of hydrogen-bond acceptors (Lipinski definition) is 7. The summed E-state index contributed by atoms with van der Waals surface area (Å²) in [6.07, 6.45) is 0. The minimum absolute atomic E-state index is 0.172. The van der Waals surface area contributed by atoms with Gasteiger partial charge in [0.1, 0.15) is 5.75 Å². The van der Waals surface area contributed by atoms with Gasteiger partial charge in [-0.05, 0) is 42.5 Å². The molecule has 0 saturated carbocycles. The zero-order valence-corrected chi connectivity index (χ0v) is 20.1. The smallest absolute Gasteiger partial charge is 0.236 e. The number of ether oxygens (including phenoxy) is 1. The van der Waals surface area contributed by atoms with Gasteiger partial charge >= 0.3 is 0 Å². The number of aromatic nitrogens is 4. The third-order valence-electron chi connectivity index (χ3n) is 4.47. The lowest BCUT2D eigenvalue weighted by molar-refractivity contribution is -0.113. The first-order valence-electron chi connectivity index (χ1n) is 9.32. The van der Waals surface area contributed by atoms with E-state index >= 15 is 0 Å². The number of nitrogens with zero attached hydrogens (tertiary/aromatic N) is 4. The summed E-state index contributed by atoms with van der Waals surface area (Å²) in [5.74, 6) is 1.46. The lowest BCUT2D eigenvalue weighted by atomic mass is 10.2. The predicted octanol–water partition coefficient (Wildman–Crippen LogP) is 5.65. The largest absolute Gasteiger partial charge is 0.497 e. The minimum atomic E-state index is -0.188. The molecule has 4 aromatic rings. The van der Waals surface area contributed by atoms with Crippen molar-refractivity contribution < 1.29 is 9.53 Å². The number of halogens is 2. The molecule has 4 rings (SSSR count). The Morgan fingerprint density at radius 2 is 1.97 bits per heavy atom. The highest BCUT2D eigenvalue weighted by atomic mass is 35.5. The first-order valence-corrected chi connectivity index (χ1v) is 11.9. The number of nitrogens with one attached hydrogen (secondary N) is 1. The van der Waals surface area contributed by atoms with E-state index in [9.17, 15) is 4.79 Å². The second-order valence-electron chi connectivity index (χ2n) is 6.59. The summed E-state index contributed by atoms with van der Waals surface area (Å²) >= 11 is 14.8. The van der Waals surface area contributed by atoms with Crippen LogP contribution in [0.25, 0.3) is 22.6 Å². The third-order valence-corrected chi connectivity index (χ3v) is 6.80. The summed E-state index contributed by atoms with van der Waals surface area (Å²) in [6.45, 7) is 0. The van der Waals surface area contributed by atoms with Crippen molar-refractivity contribution >= 4 is 57.3 Å². The number of rotatable bonds is 7. The number of anilines is 1. The lowest BCUT2D eigenvalue weighted by Gasteiger charge is -2.05. The number of thioether (sulfide) groups is 1. The third kappa shape index (κ3) is 5.07. The number of carbonyl (C=O) groups excluding carboxylic acids is 1. The van der Waals surface area contributed by atoms with Crippen LogP contribution in [0.3, 0.4) is 0 Å². The Kier molecular flexibility index (Phi) is 7.00. The van der Waals surface area contributed by atoms with E-state index in [2.05, 4.69) is 20.5 Å². The van der Waals surface area contributed by atoms with Gasteiger partial charge < -0.3 is 14.6 Å². The van der Waals surface area contributed by atoms with Crippen LogP contribution in [0, 0.1) is 0 Å². The van der Waals surface area contributed by atoms with Gasteiger partial charge in [0.15, 0.2) is 16.1 Å². The number of amides is 1. The van der Waals surface area contributed by atoms with Crippen molar-refractivity contribution in [2.45, 2.75) is 5.16 Å². The van der Waals surface area contributed by atoms with E-state index < -0.39 is 0 Å². The highest BCUT2D eigenvalue weighted by Crippen LogP contribution is 2.32. The number of methoxy groups -OCH3 is 1. The molecule has 0 aliphatic heterocycles. The maximum Gasteiger partial charge on any atom is 0.236 e. The van der Waals surface area contributed by atoms with Crippen molar-refractivity contribution in [3.8, 4) is 28.4 Å². The Bertz CT molecular complexity index is 1260. The molecule has 0 spiro atoms. The summed E-state index contributed by atoms with van der Waals surface area (Å²) in [5, 5.41) is 15.3. The normalized spacial score (nSPS) is 10.9. The van der Waals surface area contributed by atoms with Gasteiger partial charge in [0.2, 0.25) is 5.91 Å². The van der Waals surface area contributed by atoms with Crippen LogP contribution in [0.2, 0.25) is 10.0 Å². The van der Waals surface area contributed by atoms with E-state index in [1.807, 2.05) is 41.3 Å². The molecule has 0 unspecified atom stereocenters. The van der Waals surface area contributed by atoms with Crippen LogP contribution in [0.4, 0.5) is 5.13 Å². The molecule has 1 amide bonds. The van der Waals surface area contributed by atoms with E-state index in [4.69, 9.17) is 27.9 Å². The first kappa shape index (κ1) is 22.6. The first-order chi connectivity index (χ1) is 15.4. The summed E-state index contributed by atoms with van der Waals surface area (Å²) < 4.78 is 7.03. The van der Waals surface area contributed by atoms with Gasteiger partial charge in [-0.15, -0.1) is 21.5 Å². The van der Waals surface area contributed by atoms with Gasteiger partial charge in [0.05, 0.1) is 23.6 Å². The van der Waals surface area contributed by atoms with Crippen molar-refractivity contribution in [2.24, 2.45) is 7.05 Å². The van der Waals surface area contributed by atoms with Crippen LogP contribution in [0.15, 0.2) is 53.0 Å². The number of thiazole rings is 1. The van der Waals surface area contributed by atoms with Crippen molar-refractivity contribution in [1.82, 2.24) is 19.7 Å². The van der Waals surface area contributed by atoms with E-state index in [0.717, 1.165) is 16.9 Å². The fraction of sp³-hybridized carbons (Fsp3) is 0.143. The summed E-state index contributed by atoms with van der Waals surface area (Å²) in [7, 11) is 3.49. The molecule has 0 bridgehead atoms. The summed E-state index contributed by atoms with van der Waals surface area (Å²) in [5.41, 5.74) is 2.35. The van der Waals surface area contributed by atoms with Crippen LogP contribution >= 0.6 is 46.3 Å². The van der Waals surface area contributed by atoms with Gasteiger partial charge in [-0.1, -0.05) is 35.0 Å². The summed E-state index contributed by atoms with van der Waals surface area (Å²) in [4.78, 5) is 16.9. The fourth-order valence-electron chi connectivity index (χ4n) is 2.87. The predicted molar refractivity (Wildman–Crippen MR) is 130 cm³/mol. The number of carbonyl (C=O) groups is 1. The monoisotopic (exact) mass is 505 g/mol. The Morgan fingerprint density at radius 1 is 1.19 bits per heavy atom. The molecule has 2 aromatic carbocycles.